The molecule has 0 saturated carbocycles. The van der Waals surface area contributed by atoms with Crippen LogP contribution in [0.1, 0.15) is 64.5 Å². The molecule has 1 aromatic heterocycles. The SMILES string of the molecule is CCCCCC(=O)N(CCCCC)CC(=O)Nc1nc(C)cs1. The first-order valence-electron chi connectivity index (χ1n) is 8.56. The van der Waals surface area contributed by atoms with Gasteiger partial charge < -0.3 is 10.2 Å². The third-order valence-corrected chi connectivity index (χ3v) is 4.45. The molecule has 5 nitrogen and oxygen atoms in total. The molecule has 1 rings (SSSR count). The second-order valence-electron chi connectivity index (χ2n) is 5.82. The Kier molecular flexibility index (Phi) is 9.52. The molecular weight excluding hydrogens is 310 g/mol. The van der Waals surface area contributed by atoms with Gasteiger partial charge in [0.05, 0.1) is 12.2 Å². The molecule has 0 aromatic carbocycles. The first kappa shape index (κ1) is 19.6. The largest absolute Gasteiger partial charge is 0.333 e. The summed E-state index contributed by atoms with van der Waals surface area (Å²) >= 11 is 1.41. The number of rotatable bonds is 11. The summed E-state index contributed by atoms with van der Waals surface area (Å²) in [6, 6.07) is 0. The number of unbranched alkanes of at least 4 members (excludes halogenated alkanes) is 4. The van der Waals surface area contributed by atoms with E-state index in [9.17, 15) is 9.59 Å². The van der Waals surface area contributed by atoms with Gasteiger partial charge in [-0.15, -0.1) is 11.3 Å². The fourth-order valence-corrected chi connectivity index (χ4v) is 2.98. The molecule has 1 N–H and O–H groups in total. The lowest BCUT2D eigenvalue weighted by Gasteiger charge is -2.22. The number of carbonyl (C=O) groups is 2. The van der Waals surface area contributed by atoms with Gasteiger partial charge in [0, 0.05) is 18.3 Å². The van der Waals surface area contributed by atoms with Crippen molar-refractivity contribution < 1.29 is 9.59 Å². The fraction of sp³-hybridized carbons (Fsp3) is 0.706. The van der Waals surface area contributed by atoms with Crippen LogP contribution >= 0.6 is 11.3 Å². The van der Waals surface area contributed by atoms with Crippen LogP contribution in [0.25, 0.3) is 0 Å². The monoisotopic (exact) mass is 339 g/mol. The van der Waals surface area contributed by atoms with Crippen molar-refractivity contribution >= 4 is 28.3 Å². The van der Waals surface area contributed by atoms with Crippen LogP contribution in [0.4, 0.5) is 5.13 Å². The zero-order valence-electron chi connectivity index (χ0n) is 14.6. The third kappa shape index (κ3) is 8.11. The highest BCUT2D eigenvalue weighted by atomic mass is 32.1. The van der Waals surface area contributed by atoms with Crippen molar-refractivity contribution in [3.8, 4) is 0 Å². The van der Waals surface area contributed by atoms with E-state index in [0.717, 1.165) is 44.2 Å². The van der Waals surface area contributed by atoms with E-state index in [0.29, 0.717) is 18.1 Å². The molecule has 0 aliphatic heterocycles. The molecule has 1 aromatic rings. The van der Waals surface area contributed by atoms with Crippen LogP contribution in [0.2, 0.25) is 0 Å². The Labute approximate surface area is 143 Å². The zero-order valence-corrected chi connectivity index (χ0v) is 15.4. The van der Waals surface area contributed by atoms with Gasteiger partial charge in [0.2, 0.25) is 11.8 Å². The van der Waals surface area contributed by atoms with Crippen LogP contribution in [0, 0.1) is 6.92 Å². The Bertz CT molecular complexity index is 488. The average molecular weight is 340 g/mol. The predicted octanol–water partition coefficient (Wildman–Crippen LogP) is 3.99. The van der Waals surface area contributed by atoms with E-state index in [-0.39, 0.29) is 18.4 Å². The molecule has 0 aliphatic carbocycles. The van der Waals surface area contributed by atoms with Crippen LogP contribution in [0.5, 0.6) is 0 Å². The topological polar surface area (TPSA) is 62.3 Å². The highest BCUT2D eigenvalue weighted by molar-refractivity contribution is 7.13. The Balaban J connectivity index is 2.52. The molecule has 0 bridgehead atoms. The van der Waals surface area contributed by atoms with Gasteiger partial charge in [-0.05, 0) is 19.8 Å². The number of hydrogen-bond acceptors (Lipinski definition) is 4. The van der Waals surface area contributed by atoms with Crippen molar-refractivity contribution in [1.82, 2.24) is 9.88 Å². The summed E-state index contributed by atoms with van der Waals surface area (Å²) in [6.45, 7) is 6.91. The van der Waals surface area contributed by atoms with Crippen molar-refractivity contribution in [2.24, 2.45) is 0 Å². The normalized spacial score (nSPS) is 10.6. The number of hydrogen-bond donors (Lipinski definition) is 1. The van der Waals surface area contributed by atoms with Crippen molar-refractivity contribution in [1.29, 1.82) is 0 Å². The van der Waals surface area contributed by atoms with Gasteiger partial charge in [0.25, 0.3) is 0 Å². The Morgan fingerprint density at radius 2 is 1.87 bits per heavy atom. The lowest BCUT2D eigenvalue weighted by atomic mass is 10.1. The van der Waals surface area contributed by atoms with Crippen molar-refractivity contribution in [2.75, 3.05) is 18.4 Å². The summed E-state index contributed by atoms with van der Waals surface area (Å²) in [4.78, 5) is 30.4. The van der Waals surface area contributed by atoms with Crippen LogP contribution in [0.3, 0.4) is 0 Å². The van der Waals surface area contributed by atoms with Gasteiger partial charge in [-0.25, -0.2) is 4.98 Å². The minimum absolute atomic E-state index is 0.0834. The smallest absolute Gasteiger partial charge is 0.245 e. The van der Waals surface area contributed by atoms with Crippen molar-refractivity contribution in [3.63, 3.8) is 0 Å². The van der Waals surface area contributed by atoms with E-state index < -0.39 is 0 Å². The number of nitrogens with zero attached hydrogens (tertiary/aromatic N) is 2. The molecule has 0 saturated heterocycles. The van der Waals surface area contributed by atoms with Gasteiger partial charge in [0.15, 0.2) is 5.13 Å². The van der Waals surface area contributed by atoms with Gasteiger partial charge in [0.1, 0.15) is 0 Å². The molecule has 0 radical (unpaired) electrons. The summed E-state index contributed by atoms with van der Waals surface area (Å²) in [5.74, 6) is -0.0836. The number of aryl methyl sites for hydroxylation is 1. The standard InChI is InChI=1S/C17H29N3O2S/c1-4-6-8-10-16(22)20(11-9-7-5-2)12-15(21)19-17-18-14(3)13-23-17/h13H,4-12H2,1-3H3,(H,18,19,21). The van der Waals surface area contributed by atoms with Crippen molar-refractivity contribution in [2.45, 2.75) is 65.7 Å². The Morgan fingerprint density at radius 3 is 2.48 bits per heavy atom. The summed E-state index contributed by atoms with van der Waals surface area (Å²) < 4.78 is 0. The van der Waals surface area contributed by atoms with E-state index in [4.69, 9.17) is 0 Å². The summed E-state index contributed by atoms with van der Waals surface area (Å²) in [6.07, 6.45) is 6.69. The number of thiazole rings is 1. The highest BCUT2D eigenvalue weighted by Crippen LogP contribution is 2.14. The number of amides is 2. The van der Waals surface area contributed by atoms with E-state index >= 15 is 0 Å². The molecule has 130 valence electrons. The molecule has 0 fully saturated rings. The molecule has 23 heavy (non-hydrogen) atoms. The maximum Gasteiger partial charge on any atom is 0.245 e. The van der Waals surface area contributed by atoms with E-state index in [1.54, 1.807) is 4.90 Å². The van der Waals surface area contributed by atoms with Crippen LogP contribution in [-0.2, 0) is 9.59 Å². The molecule has 6 heteroatoms. The average Bonchev–Trinajstić information content (AvgIpc) is 2.91. The van der Waals surface area contributed by atoms with Crippen molar-refractivity contribution in [3.05, 3.63) is 11.1 Å². The molecule has 2 amide bonds. The van der Waals surface area contributed by atoms with Crippen LogP contribution in [-0.4, -0.2) is 34.8 Å². The number of nitrogens with one attached hydrogen (secondary N) is 1. The van der Waals surface area contributed by atoms with Gasteiger partial charge in [-0.2, -0.15) is 0 Å². The first-order chi connectivity index (χ1) is 11.1. The number of carbonyl (C=O) groups excluding carboxylic acids is 2. The molecule has 0 unspecified atom stereocenters. The molecule has 0 aliphatic rings. The quantitative estimate of drug-likeness (QED) is 0.620. The van der Waals surface area contributed by atoms with Gasteiger partial charge in [-0.3, -0.25) is 9.59 Å². The lowest BCUT2D eigenvalue weighted by Crippen LogP contribution is -2.38. The predicted molar refractivity (Wildman–Crippen MR) is 95.7 cm³/mol. The second-order valence-corrected chi connectivity index (χ2v) is 6.68. The van der Waals surface area contributed by atoms with Gasteiger partial charge in [-0.1, -0.05) is 39.5 Å². The summed E-state index contributed by atoms with van der Waals surface area (Å²) in [5, 5.41) is 5.27. The molecular formula is C17H29N3O2S. The van der Waals surface area contributed by atoms with E-state index in [1.807, 2.05) is 12.3 Å². The van der Waals surface area contributed by atoms with E-state index in [2.05, 4.69) is 24.1 Å². The third-order valence-electron chi connectivity index (χ3n) is 3.58. The minimum atomic E-state index is -0.167. The maximum atomic E-state index is 12.3. The highest BCUT2D eigenvalue weighted by Gasteiger charge is 2.17. The lowest BCUT2D eigenvalue weighted by molar-refractivity contribution is -0.134. The van der Waals surface area contributed by atoms with Gasteiger partial charge >= 0.3 is 0 Å². The zero-order chi connectivity index (χ0) is 17.1. The molecule has 0 atom stereocenters. The van der Waals surface area contributed by atoms with Crippen LogP contribution in [0.15, 0.2) is 5.38 Å². The number of anilines is 1. The first-order valence-corrected chi connectivity index (χ1v) is 9.44. The summed E-state index contributed by atoms with van der Waals surface area (Å²) in [7, 11) is 0. The number of aromatic nitrogens is 1. The Morgan fingerprint density at radius 1 is 1.17 bits per heavy atom. The minimum Gasteiger partial charge on any atom is -0.333 e. The van der Waals surface area contributed by atoms with E-state index in [1.165, 1.54) is 11.3 Å². The second kappa shape index (κ2) is 11.2. The molecule has 1 heterocycles. The maximum absolute atomic E-state index is 12.3. The summed E-state index contributed by atoms with van der Waals surface area (Å²) in [5.41, 5.74) is 0.890. The fourth-order valence-electron chi connectivity index (χ4n) is 2.27. The Hall–Kier alpha value is -1.43. The molecule has 0 spiro atoms. The van der Waals surface area contributed by atoms with Crippen LogP contribution < -0.4 is 5.32 Å².